The molecule has 2 rings (SSSR count). The lowest BCUT2D eigenvalue weighted by atomic mass is 10.4. The zero-order valence-electron chi connectivity index (χ0n) is 5.58. The van der Waals surface area contributed by atoms with Gasteiger partial charge in [0.05, 0.1) is 0 Å². The maximum Gasteiger partial charge on any atom is 0.272 e. The lowest BCUT2D eigenvalue weighted by Crippen LogP contribution is -2.10. The van der Waals surface area contributed by atoms with E-state index in [1.54, 1.807) is 0 Å². The Kier molecular flexibility index (Phi) is 1.09. The van der Waals surface area contributed by atoms with Crippen LogP contribution >= 0.6 is 0 Å². The molecule has 10 heavy (non-hydrogen) atoms. The summed E-state index contributed by atoms with van der Waals surface area (Å²) in [5.41, 5.74) is -0.117. The van der Waals surface area contributed by atoms with Gasteiger partial charge in [-0.05, 0) is 6.42 Å². The van der Waals surface area contributed by atoms with Gasteiger partial charge in [-0.1, -0.05) is 0 Å². The average Bonchev–Trinajstić information content (AvgIpc) is 2.33. The van der Waals surface area contributed by atoms with Crippen molar-refractivity contribution in [2.75, 3.05) is 0 Å². The first-order valence-electron chi connectivity index (χ1n) is 3.42. The van der Waals surface area contributed by atoms with E-state index in [9.17, 15) is 4.79 Å². The van der Waals surface area contributed by atoms with Crippen molar-refractivity contribution >= 4 is 0 Å². The van der Waals surface area contributed by atoms with E-state index in [1.807, 2.05) is 10.8 Å². The average molecular weight is 136 g/mol. The van der Waals surface area contributed by atoms with Gasteiger partial charge in [-0.15, -0.1) is 0 Å². The summed E-state index contributed by atoms with van der Waals surface area (Å²) in [7, 11) is 0. The Balaban J connectivity index is 2.63. The van der Waals surface area contributed by atoms with Gasteiger partial charge in [0.25, 0.3) is 5.56 Å². The largest absolute Gasteiger partial charge is 0.336 e. The summed E-state index contributed by atoms with van der Waals surface area (Å²) in [6, 6.07) is 1.51. The Morgan fingerprint density at radius 2 is 2.50 bits per heavy atom. The SMILES string of the molecule is O=c1ccn2c(n1)CCC2. The van der Waals surface area contributed by atoms with E-state index in [4.69, 9.17) is 0 Å². The van der Waals surface area contributed by atoms with E-state index >= 15 is 0 Å². The number of nitrogens with zero attached hydrogens (tertiary/aromatic N) is 2. The van der Waals surface area contributed by atoms with Crippen LogP contribution in [0.2, 0.25) is 0 Å². The normalized spacial score (nSPS) is 15.2. The molecule has 0 unspecified atom stereocenters. The Morgan fingerprint density at radius 3 is 3.40 bits per heavy atom. The quantitative estimate of drug-likeness (QED) is 0.510. The lowest BCUT2D eigenvalue weighted by Gasteiger charge is -1.97. The van der Waals surface area contributed by atoms with Gasteiger partial charge in [-0.3, -0.25) is 4.79 Å². The fraction of sp³-hybridized carbons (Fsp3) is 0.429. The first-order chi connectivity index (χ1) is 4.86. The van der Waals surface area contributed by atoms with Gasteiger partial charge in [0.2, 0.25) is 0 Å². The van der Waals surface area contributed by atoms with Crippen LogP contribution in [0.25, 0.3) is 0 Å². The van der Waals surface area contributed by atoms with Gasteiger partial charge in [-0.2, -0.15) is 4.98 Å². The van der Waals surface area contributed by atoms with Crippen molar-refractivity contribution in [1.82, 2.24) is 9.55 Å². The molecule has 0 amide bonds. The molecule has 0 radical (unpaired) electrons. The smallest absolute Gasteiger partial charge is 0.272 e. The number of aromatic nitrogens is 2. The second kappa shape index (κ2) is 1.94. The molecule has 3 nitrogen and oxygen atoms in total. The minimum atomic E-state index is -0.117. The zero-order valence-corrected chi connectivity index (χ0v) is 5.58. The summed E-state index contributed by atoms with van der Waals surface area (Å²) in [5, 5.41) is 0. The molecule has 0 aliphatic carbocycles. The van der Waals surface area contributed by atoms with Gasteiger partial charge >= 0.3 is 0 Å². The van der Waals surface area contributed by atoms with Crippen molar-refractivity contribution in [3.63, 3.8) is 0 Å². The number of rotatable bonds is 0. The van der Waals surface area contributed by atoms with Crippen molar-refractivity contribution in [2.45, 2.75) is 19.4 Å². The van der Waals surface area contributed by atoms with Crippen molar-refractivity contribution in [3.8, 4) is 0 Å². The van der Waals surface area contributed by atoms with Gasteiger partial charge in [-0.25, -0.2) is 0 Å². The highest BCUT2D eigenvalue weighted by atomic mass is 16.1. The number of aryl methyl sites for hydroxylation is 2. The molecule has 0 atom stereocenters. The molecule has 0 aromatic carbocycles. The highest BCUT2D eigenvalue weighted by Crippen LogP contribution is 2.07. The van der Waals surface area contributed by atoms with Crippen LogP contribution in [0.1, 0.15) is 12.2 Å². The molecule has 0 saturated carbocycles. The Labute approximate surface area is 58.3 Å². The van der Waals surface area contributed by atoms with E-state index in [1.165, 1.54) is 6.07 Å². The number of fused-ring (bicyclic) bond motifs is 1. The zero-order chi connectivity index (χ0) is 6.97. The van der Waals surface area contributed by atoms with Gasteiger partial charge in [0.1, 0.15) is 5.82 Å². The first-order valence-corrected chi connectivity index (χ1v) is 3.42. The van der Waals surface area contributed by atoms with Crippen molar-refractivity contribution < 1.29 is 0 Å². The third kappa shape index (κ3) is 0.744. The predicted molar refractivity (Wildman–Crippen MR) is 36.8 cm³/mol. The standard InChI is InChI=1S/C7H8N2O/c10-7-3-5-9-4-1-2-6(9)8-7/h3,5H,1-2,4H2. The van der Waals surface area contributed by atoms with Gasteiger partial charge < -0.3 is 4.57 Å². The minimum Gasteiger partial charge on any atom is -0.336 e. The molecular weight excluding hydrogens is 128 g/mol. The molecule has 1 aromatic rings. The van der Waals surface area contributed by atoms with Crippen molar-refractivity contribution in [3.05, 3.63) is 28.4 Å². The van der Waals surface area contributed by atoms with Crippen molar-refractivity contribution in [1.29, 1.82) is 0 Å². The van der Waals surface area contributed by atoms with Crippen LogP contribution < -0.4 is 5.56 Å². The topological polar surface area (TPSA) is 34.9 Å². The first kappa shape index (κ1) is 5.65. The van der Waals surface area contributed by atoms with Crippen LogP contribution in [0.15, 0.2) is 17.1 Å². The monoisotopic (exact) mass is 136 g/mol. The summed E-state index contributed by atoms with van der Waals surface area (Å²) < 4.78 is 2.03. The van der Waals surface area contributed by atoms with Crippen LogP contribution in [-0.4, -0.2) is 9.55 Å². The third-order valence-electron chi connectivity index (χ3n) is 1.77. The summed E-state index contributed by atoms with van der Waals surface area (Å²) in [6.45, 7) is 1.02. The van der Waals surface area contributed by atoms with Crippen LogP contribution in [0, 0.1) is 0 Å². The molecule has 0 saturated heterocycles. The predicted octanol–water partition coefficient (Wildman–Crippen LogP) is 0.190. The van der Waals surface area contributed by atoms with E-state index in [-0.39, 0.29) is 5.56 Å². The van der Waals surface area contributed by atoms with E-state index in [2.05, 4.69) is 4.98 Å². The second-order valence-electron chi connectivity index (χ2n) is 2.48. The molecule has 3 heteroatoms. The maximum absolute atomic E-state index is 10.7. The summed E-state index contributed by atoms with van der Waals surface area (Å²) >= 11 is 0. The molecule has 1 aliphatic heterocycles. The fourth-order valence-corrected chi connectivity index (χ4v) is 1.28. The molecule has 0 spiro atoms. The third-order valence-corrected chi connectivity index (χ3v) is 1.77. The van der Waals surface area contributed by atoms with Crippen molar-refractivity contribution in [2.24, 2.45) is 0 Å². The summed E-state index contributed by atoms with van der Waals surface area (Å²) in [6.07, 6.45) is 3.89. The Morgan fingerprint density at radius 1 is 1.60 bits per heavy atom. The van der Waals surface area contributed by atoms with E-state index in [0.29, 0.717) is 0 Å². The molecule has 1 aliphatic rings. The molecule has 0 fully saturated rings. The van der Waals surface area contributed by atoms with E-state index in [0.717, 1.165) is 25.2 Å². The molecule has 2 heterocycles. The maximum atomic E-state index is 10.7. The lowest BCUT2D eigenvalue weighted by molar-refractivity contribution is 0.733. The number of hydrogen-bond acceptors (Lipinski definition) is 2. The van der Waals surface area contributed by atoms with Crippen LogP contribution in [0.5, 0.6) is 0 Å². The minimum absolute atomic E-state index is 0.117. The van der Waals surface area contributed by atoms with E-state index < -0.39 is 0 Å². The molecule has 1 aromatic heterocycles. The number of hydrogen-bond donors (Lipinski definition) is 0. The molecule has 52 valence electrons. The summed E-state index contributed by atoms with van der Waals surface area (Å²) in [5.74, 6) is 0.938. The van der Waals surface area contributed by atoms with Crippen LogP contribution in [0.3, 0.4) is 0 Å². The molecular formula is C7H8N2O. The fourth-order valence-electron chi connectivity index (χ4n) is 1.28. The highest BCUT2D eigenvalue weighted by Gasteiger charge is 2.08. The van der Waals surface area contributed by atoms with Crippen LogP contribution in [-0.2, 0) is 13.0 Å². The Bertz CT molecular complexity index is 303. The second-order valence-corrected chi connectivity index (χ2v) is 2.48. The molecule has 0 N–H and O–H groups in total. The molecule has 0 bridgehead atoms. The highest BCUT2D eigenvalue weighted by molar-refractivity contribution is 4.97. The van der Waals surface area contributed by atoms with Gasteiger partial charge in [0, 0.05) is 25.2 Å². The summed E-state index contributed by atoms with van der Waals surface area (Å²) in [4.78, 5) is 14.6. The Hall–Kier alpha value is -1.12. The van der Waals surface area contributed by atoms with Gasteiger partial charge in [0.15, 0.2) is 0 Å². The van der Waals surface area contributed by atoms with Crippen LogP contribution in [0.4, 0.5) is 0 Å².